The summed E-state index contributed by atoms with van der Waals surface area (Å²) in [6.45, 7) is 3.60. The lowest BCUT2D eigenvalue weighted by atomic mass is 10.0. The first kappa shape index (κ1) is 14.2. The highest BCUT2D eigenvalue weighted by atomic mass is 16.6. The summed E-state index contributed by atoms with van der Waals surface area (Å²) in [6.07, 6.45) is 3.43. The molecule has 1 aliphatic heterocycles. The van der Waals surface area contributed by atoms with E-state index < -0.39 is 10.9 Å². The van der Waals surface area contributed by atoms with Gasteiger partial charge < -0.3 is 9.64 Å². The molecule has 108 valence electrons. The van der Waals surface area contributed by atoms with Gasteiger partial charge in [-0.25, -0.2) is 9.78 Å². The number of carbonyl (C=O) groups is 1. The summed E-state index contributed by atoms with van der Waals surface area (Å²) in [7, 11) is 1.23. The maximum atomic E-state index is 11.4. The van der Waals surface area contributed by atoms with E-state index in [-0.39, 0.29) is 11.3 Å². The van der Waals surface area contributed by atoms with Crippen LogP contribution in [0, 0.1) is 16.0 Å². The predicted molar refractivity (Wildman–Crippen MR) is 72.8 cm³/mol. The van der Waals surface area contributed by atoms with Crippen LogP contribution in [0.4, 0.5) is 11.5 Å². The van der Waals surface area contributed by atoms with Crippen LogP contribution in [0.2, 0.25) is 0 Å². The molecule has 2 rings (SSSR count). The van der Waals surface area contributed by atoms with Crippen LogP contribution in [0.25, 0.3) is 0 Å². The Kier molecular flexibility index (Phi) is 4.16. The number of hydrogen-bond acceptors (Lipinski definition) is 6. The molecule has 1 fully saturated rings. The molecule has 0 aromatic carbocycles. The van der Waals surface area contributed by atoms with Crippen molar-refractivity contribution >= 4 is 17.5 Å². The molecule has 0 saturated carbocycles. The van der Waals surface area contributed by atoms with Gasteiger partial charge in [0.05, 0.1) is 17.6 Å². The van der Waals surface area contributed by atoms with Crippen LogP contribution in [-0.2, 0) is 4.74 Å². The van der Waals surface area contributed by atoms with E-state index in [4.69, 9.17) is 0 Å². The molecular weight excluding hydrogens is 262 g/mol. The number of piperidine rings is 1. The number of ether oxygens (including phenoxy) is 1. The number of nitro groups is 1. The molecule has 1 aromatic rings. The second kappa shape index (κ2) is 5.85. The topological polar surface area (TPSA) is 85.6 Å². The summed E-state index contributed by atoms with van der Waals surface area (Å²) < 4.78 is 4.56. The number of carbonyl (C=O) groups excluding carboxylic acids is 1. The molecule has 20 heavy (non-hydrogen) atoms. The molecule has 1 aliphatic rings. The molecule has 0 radical (unpaired) electrons. The van der Waals surface area contributed by atoms with Crippen molar-refractivity contribution in [3.05, 3.63) is 27.9 Å². The van der Waals surface area contributed by atoms with Gasteiger partial charge in [-0.15, -0.1) is 0 Å². The van der Waals surface area contributed by atoms with Crippen LogP contribution in [-0.4, -0.2) is 36.1 Å². The Morgan fingerprint density at radius 1 is 1.60 bits per heavy atom. The van der Waals surface area contributed by atoms with Crippen LogP contribution in [0.3, 0.4) is 0 Å². The summed E-state index contributed by atoms with van der Waals surface area (Å²) in [5, 5.41) is 11.2. The first-order valence-corrected chi connectivity index (χ1v) is 6.50. The van der Waals surface area contributed by atoms with Gasteiger partial charge in [-0.3, -0.25) is 10.1 Å². The number of rotatable bonds is 3. The van der Waals surface area contributed by atoms with E-state index in [9.17, 15) is 14.9 Å². The highest BCUT2D eigenvalue weighted by Gasteiger charge is 2.26. The molecule has 1 saturated heterocycles. The average molecular weight is 279 g/mol. The van der Waals surface area contributed by atoms with Gasteiger partial charge in [0.2, 0.25) is 5.82 Å². The minimum absolute atomic E-state index is 0.0907. The molecule has 0 aliphatic carbocycles. The third-order valence-corrected chi connectivity index (χ3v) is 3.42. The van der Waals surface area contributed by atoms with Crippen LogP contribution in [0.5, 0.6) is 0 Å². The maximum absolute atomic E-state index is 11.4. The smallest absolute Gasteiger partial charge is 0.339 e. The summed E-state index contributed by atoms with van der Waals surface area (Å²) in [6, 6.07) is 1.23. The Hall–Kier alpha value is -2.18. The van der Waals surface area contributed by atoms with Crippen LogP contribution < -0.4 is 4.90 Å². The van der Waals surface area contributed by atoms with Gasteiger partial charge in [-0.05, 0) is 18.8 Å². The lowest BCUT2D eigenvalue weighted by Gasteiger charge is -2.31. The lowest BCUT2D eigenvalue weighted by molar-refractivity contribution is -0.384. The summed E-state index contributed by atoms with van der Waals surface area (Å²) in [5.41, 5.74) is -0.0602. The van der Waals surface area contributed by atoms with E-state index >= 15 is 0 Å². The number of pyridine rings is 1. The van der Waals surface area contributed by atoms with Gasteiger partial charge in [-0.1, -0.05) is 6.92 Å². The normalized spacial score (nSPS) is 18.7. The molecule has 7 nitrogen and oxygen atoms in total. The second-order valence-electron chi connectivity index (χ2n) is 5.01. The van der Waals surface area contributed by atoms with Gasteiger partial charge in [0.1, 0.15) is 0 Å². The fourth-order valence-corrected chi connectivity index (χ4v) is 2.44. The molecule has 2 heterocycles. The molecule has 1 unspecified atom stereocenters. The minimum atomic E-state index is -0.626. The zero-order valence-electron chi connectivity index (χ0n) is 11.5. The van der Waals surface area contributed by atoms with Gasteiger partial charge >= 0.3 is 11.7 Å². The Morgan fingerprint density at radius 3 is 2.95 bits per heavy atom. The van der Waals surface area contributed by atoms with Crippen molar-refractivity contribution < 1.29 is 14.5 Å². The zero-order chi connectivity index (χ0) is 14.7. The Morgan fingerprint density at radius 2 is 2.35 bits per heavy atom. The quantitative estimate of drug-likeness (QED) is 0.478. The SMILES string of the molecule is COC(=O)c1cnc(N2CCCC(C)C2)c([N+](=O)[O-])c1. The molecule has 1 atom stereocenters. The molecule has 7 heteroatoms. The van der Waals surface area contributed by atoms with Crippen molar-refractivity contribution in [3.8, 4) is 0 Å². The Labute approximate surface area is 116 Å². The number of anilines is 1. The molecule has 1 aromatic heterocycles. The van der Waals surface area contributed by atoms with Crippen molar-refractivity contribution in [1.82, 2.24) is 4.98 Å². The third-order valence-electron chi connectivity index (χ3n) is 3.42. The van der Waals surface area contributed by atoms with Gasteiger partial charge in [0.15, 0.2) is 0 Å². The van der Waals surface area contributed by atoms with E-state index in [1.165, 1.54) is 19.4 Å². The van der Waals surface area contributed by atoms with E-state index in [1.807, 2.05) is 4.90 Å². The molecular formula is C13H17N3O4. The molecule has 0 N–H and O–H groups in total. The van der Waals surface area contributed by atoms with E-state index in [1.54, 1.807) is 0 Å². The van der Waals surface area contributed by atoms with Crippen LogP contribution in [0.15, 0.2) is 12.3 Å². The summed E-state index contributed by atoms with van der Waals surface area (Å²) in [5.74, 6) is 0.179. The lowest BCUT2D eigenvalue weighted by Crippen LogP contribution is -2.35. The monoisotopic (exact) mass is 279 g/mol. The third kappa shape index (κ3) is 2.87. The standard InChI is InChI=1S/C13H17N3O4/c1-9-4-3-5-15(8-9)12-11(16(18)19)6-10(7-14-12)13(17)20-2/h6-7,9H,3-5,8H2,1-2H3. The zero-order valence-corrected chi connectivity index (χ0v) is 11.5. The number of aromatic nitrogens is 1. The number of methoxy groups -OCH3 is 1. The summed E-state index contributed by atoms with van der Waals surface area (Å²) >= 11 is 0. The fraction of sp³-hybridized carbons (Fsp3) is 0.538. The Balaban J connectivity index is 2.37. The molecule has 0 amide bonds. The first-order valence-electron chi connectivity index (χ1n) is 6.50. The van der Waals surface area contributed by atoms with E-state index in [0.29, 0.717) is 11.7 Å². The van der Waals surface area contributed by atoms with Crippen molar-refractivity contribution in [3.63, 3.8) is 0 Å². The Bertz CT molecular complexity index is 532. The van der Waals surface area contributed by atoms with E-state index in [0.717, 1.165) is 25.9 Å². The highest BCUT2D eigenvalue weighted by Crippen LogP contribution is 2.30. The number of esters is 1. The number of nitrogens with zero attached hydrogens (tertiary/aromatic N) is 3. The second-order valence-corrected chi connectivity index (χ2v) is 5.01. The van der Waals surface area contributed by atoms with Crippen LogP contribution in [0.1, 0.15) is 30.1 Å². The van der Waals surface area contributed by atoms with Crippen molar-refractivity contribution in [2.45, 2.75) is 19.8 Å². The van der Waals surface area contributed by atoms with Gasteiger partial charge in [-0.2, -0.15) is 0 Å². The minimum Gasteiger partial charge on any atom is -0.465 e. The first-order chi connectivity index (χ1) is 9.52. The van der Waals surface area contributed by atoms with Crippen molar-refractivity contribution in [2.75, 3.05) is 25.1 Å². The maximum Gasteiger partial charge on any atom is 0.339 e. The van der Waals surface area contributed by atoms with Crippen molar-refractivity contribution in [1.29, 1.82) is 0 Å². The summed E-state index contributed by atoms with van der Waals surface area (Å²) in [4.78, 5) is 28.1. The average Bonchev–Trinajstić information content (AvgIpc) is 2.45. The van der Waals surface area contributed by atoms with E-state index in [2.05, 4.69) is 16.6 Å². The van der Waals surface area contributed by atoms with Crippen molar-refractivity contribution in [2.24, 2.45) is 5.92 Å². The largest absolute Gasteiger partial charge is 0.465 e. The van der Waals surface area contributed by atoms with Gasteiger partial charge in [0.25, 0.3) is 0 Å². The number of hydrogen-bond donors (Lipinski definition) is 0. The molecule has 0 bridgehead atoms. The predicted octanol–water partition coefficient (Wildman–Crippen LogP) is 2.01. The fourth-order valence-electron chi connectivity index (χ4n) is 2.44. The van der Waals surface area contributed by atoms with Gasteiger partial charge in [0, 0.05) is 25.4 Å². The van der Waals surface area contributed by atoms with Crippen LogP contribution >= 0.6 is 0 Å². The molecule has 0 spiro atoms. The highest BCUT2D eigenvalue weighted by molar-refractivity contribution is 5.90.